The summed E-state index contributed by atoms with van der Waals surface area (Å²) in [6, 6.07) is 24.5. The molecule has 0 saturated heterocycles. The van der Waals surface area contributed by atoms with E-state index >= 15 is 0 Å². The third-order valence-electron chi connectivity index (χ3n) is 6.05. The topological polar surface area (TPSA) is 119 Å². The van der Waals surface area contributed by atoms with E-state index in [9.17, 15) is 8.42 Å². The molecule has 2 heterocycles. The number of sulfone groups is 1. The summed E-state index contributed by atoms with van der Waals surface area (Å²) in [6.45, 7) is 2.22. The van der Waals surface area contributed by atoms with Gasteiger partial charge in [-0.25, -0.2) is 23.4 Å². The minimum atomic E-state index is -3.39. The van der Waals surface area contributed by atoms with Crippen LogP contribution in [0.25, 0.3) is 22.6 Å². The van der Waals surface area contributed by atoms with Crippen molar-refractivity contribution in [3.05, 3.63) is 96.8 Å². The minimum absolute atomic E-state index is 0.00479. The zero-order chi connectivity index (χ0) is 27.2. The quantitative estimate of drug-likeness (QED) is 0.221. The summed E-state index contributed by atoms with van der Waals surface area (Å²) in [7, 11) is -1.88. The van der Waals surface area contributed by atoms with Gasteiger partial charge in [-0.15, -0.1) is 0 Å². The van der Waals surface area contributed by atoms with E-state index in [1.54, 1.807) is 25.4 Å². The molecule has 198 valence electrons. The monoisotopic (exact) mass is 541 g/mol. The van der Waals surface area contributed by atoms with Crippen LogP contribution in [0.5, 0.6) is 5.75 Å². The number of oxazole rings is 1. The molecule has 0 atom stereocenters. The highest BCUT2D eigenvalue weighted by Crippen LogP contribution is 2.33. The molecule has 5 rings (SSSR count). The van der Waals surface area contributed by atoms with Crippen LogP contribution in [0.4, 0.5) is 17.7 Å². The number of hydrogen-bond donors (Lipinski definition) is 2. The average molecular weight is 542 g/mol. The first-order chi connectivity index (χ1) is 18.9. The largest absolute Gasteiger partial charge is 0.495 e. The Morgan fingerprint density at radius 2 is 1.74 bits per heavy atom. The molecule has 0 aliphatic heterocycles. The van der Waals surface area contributed by atoms with Crippen LogP contribution in [-0.2, 0) is 16.4 Å². The molecular formula is C29H27N5O4S. The maximum atomic E-state index is 12.3. The molecule has 0 spiro atoms. The van der Waals surface area contributed by atoms with Crippen molar-refractivity contribution >= 4 is 27.5 Å². The lowest BCUT2D eigenvalue weighted by Gasteiger charge is -2.11. The SMILES string of the molecule is CCS(=O)(=O)c1ccc(OC)c(Nc2ncc(-c3cccc(-c4ccnc(NCc5ccccc5)n4)c3)o2)c1. The van der Waals surface area contributed by atoms with Crippen LogP contribution in [0.1, 0.15) is 12.5 Å². The third-order valence-corrected chi connectivity index (χ3v) is 7.78. The number of ether oxygens (including phenoxy) is 1. The molecular weight excluding hydrogens is 514 g/mol. The molecule has 2 aromatic heterocycles. The van der Waals surface area contributed by atoms with Gasteiger partial charge in [0.05, 0.1) is 35.3 Å². The fourth-order valence-corrected chi connectivity index (χ4v) is 4.84. The molecule has 0 fully saturated rings. The van der Waals surface area contributed by atoms with Gasteiger partial charge in [0.2, 0.25) is 5.95 Å². The van der Waals surface area contributed by atoms with Crippen LogP contribution >= 0.6 is 0 Å². The number of nitrogens with zero attached hydrogens (tertiary/aromatic N) is 3. The van der Waals surface area contributed by atoms with Gasteiger partial charge in [0.1, 0.15) is 5.75 Å². The first kappa shape index (κ1) is 25.9. The van der Waals surface area contributed by atoms with Crippen molar-refractivity contribution in [1.82, 2.24) is 15.0 Å². The van der Waals surface area contributed by atoms with Crippen LogP contribution in [0.3, 0.4) is 0 Å². The van der Waals surface area contributed by atoms with E-state index in [1.165, 1.54) is 19.2 Å². The Balaban J connectivity index is 1.35. The van der Waals surface area contributed by atoms with E-state index in [1.807, 2.05) is 60.7 Å². The molecule has 0 aliphatic rings. The molecule has 0 saturated carbocycles. The second-order valence-electron chi connectivity index (χ2n) is 8.61. The van der Waals surface area contributed by atoms with E-state index in [0.29, 0.717) is 29.7 Å². The summed E-state index contributed by atoms with van der Waals surface area (Å²) in [5.74, 6) is 1.53. The van der Waals surface area contributed by atoms with Crippen molar-refractivity contribution in [2.45, 2.75) is 18.4 Å². The Bertz CT molecular complexity index is 1690. The van der Waals surface area contributed by atoms with Gasteiger partial charge in [0.25, 0.3) is 6.01 Å². The van der Waals surface area contributed by atoms with Gasteiger partial charge in [-0.1, -0.05) is 55.5 Å². The molecule has 3 aromatic carbocycles. The van der Waals surface area contributed by atoms with E-state index in [2.05, 4.69) is 25.6 Å². The molecule has 0 bridgehead atoms. The predicted molar refractivity (Wildman–Crippen MR) is 151 cm³/mol. The van der Waals surface area contributed by atoms with Gasteiger partial charge in [0, 0.05) is 23.9 Å². The number of anilines is 3. The number of rotatable bonds is 10. The second-order valence-corrected chi connectivity index (χ2v) is 10.9. The van der Waals surface area contributed by atoms with Gasteiger partial charge in [0.15, 0.2) is 15.6 Å². The summed E-state index contributed by atoms with van der Waals surface area (Å²) < 4.78 is 36.0. The van der Waals surface area contributed by atoms with Crippen molar-refractivity contribution in [3.63, 3.8) is 0 Å². The molecule has 9 nitrogen and oxygen atoms in total. The number of nitrogens with one attached hydrogen (secondary N) is 2. The fourth-order valence-electron chi connectivity index (χ4n) is 3.94. The molecule has 10 heteroatoms. The van der Waals surface area contributed by atoms with E-state index in [4.69, 9.17) is 9.15 Å². The Morgan fingerprint density at radius 1 is 0.923 bits per heavy atom. The third kappa shape index (κ3) is 6.07. The first-order valence-corrected chi connectivity index (χ1v) is 14.0. The number of hydrogen-bond acceptors (Lipinski definition) is 9. The average Bonchev–Trinajstić information content (AvgIpc) is 3.45. The van der Waals surface area contributed by atoms with Crippen molar-refractivity contribution in [3.8, 4) is 28.3 Å². The standard InChI is InChI=1S/C29H27N5O4S/c1-3-39(35,36)23-12-13-26(37-2)25(17-23)34-29-32-19-27(38-29)22-11-7-10-21(16-22)24-14-15-30-28(33-24)31-18-20-8-5-4-6-9-20/h4-17,19H,3,18H2,1-2H3,(H,32,34)(H,30,31,33). The molecule has 5 aromatic rings. The van der Waals surface area contributed by atoms with Crippen LogP contribution in [-0.4, -0.2) is 36.2 Å². The van der Waals surface area contributed by atoms with Gasteiger partial charge < -0.3 is 19.8 Å². The first-order valence-electron chi connectivity index (χ1n) is 12.3. The lowest BCUT2D eigenvalue weighted by molar-refractivity contribution is 0.416. The Kier molecular flexibility index (Phi) is 7.55. The maximum absolute atomic E-state index is 12.3. The number of benzene rings is 3. The highest BCUT2D eigenvalue weighted by molar-refractivity contribution is 7.91. The maximum Gasteiger partial charge on any atom is 0.299 e. The summed E-state index contributed by atoms with van der Waals surface area (Å²) in [4.78, 5) is 13.5. The number of methoxy groups -OCH3 is 1. The molecule has 0 aliphatic carbocycles. The van der Waals surface area contributed by atoms with Crippen molar-refractivity contribution in [2.24, 2.45) is 0 Å². The fraction of sp³-hybridized carbons (Fsp3) is 0.138. The van der Waals surface area contributed by atoms with Crippen molar-refractivity contribution in [2.75, 3.05) is 23.5 Å². The predicted octanol–water partition coefficient (Wildman–Crippen LogP) is 5.96. The molecule has 0 radical (unpaired) electrons. The zero-order valence-electron chi connectivity index (χ0n) is 21.5. The molecule has 0 unspecified atom stereocenters. The van der Waals surface area contributed by atoms with Gasteiger partial charge in [-0.2, -0.15) is 0 Å². The summed E-state index contributed by atoms with van der Waals surface area (Å²) in [6.07, 6.45) is 3.33. The summed E-state index contributed by atoms with van der Waals surface area (Å²) >= 11 is 0. The van der Waals surface area contributed by atoms with Gasteiger partial charge >= 0.3 is 0 Å². The second kappa shape index (κ2) is 11.4. The molecule has 2 N–H and O–H groups in total. The summed E-state index contributed by atoms with van der Waals surface area (Å²) in [5.41, 5.74) is 4.03. The van der Waals surface area contributed by atoms with Crippen LogP contribution in [0.2, 0.25) is 0 Å². The lowest BCUT2D eigenvalue weighted by Crippen LogP contribution is -2.05. The van der Waals surface area contributed by atoms with Crippen LogP contribution < -0.4 is 15.4 Å². The highest BCUT2D eigenvalue weighted by Gasteiger charge is 2.16. The molecule has 39 heavy (non-hydrogen) atoms. The highest BCUT2D eigenvalue weighted by atomic mass is 32.2. The van der Waals surface area contributed by atoms with E-state index in [0.717, 1.165) is 22.4 Å². The van der Waals surface area contributed by atoms with Crippen molar-refractivity contribution < 1.29 is 17.6 Å². The Labute approximate surface area is 226 Å². The number of aromatic nitrogens is 3. The Hall–Kier alpha value is -4.70. The van der Waals surface area contributed by atoms with Gasteiger partial charge in [-0.05, 0) is 35.9 Å². The summed E-state index contributed by atoms with van der Waals surface area (Å²) in [5, 5.41) is 6.30. The van der Waals surface area contributed by atoms with E-state index in [-0.39, 0.29) is 16.7 Å². The zero-order valence-corrected chi connectivity index (χ0v) is 22.3. The molecule has 0 amide bonds. The van der Waals surface area contributed by atoms with E-state index < -0.39 is 9.84 Å². The van der Waals surface area contributed by atoms with Crippen molar-refractivity contribution in [1.29, 1.82) is 0 Å². The normalized spacial score (nSPS) is 11.2. The lowest BCUT2D eigenvalue weighted by atomic mass is 10.1. The van der Waals surface area contributed by atoms with Crippen LogP contribution in [0.15, 0.2) is 101 Å². The van der Waals surface area contributed by atoms with Crippen LogP contribution in [0, 0.1) is 0 Å². The smallest absolute Gasteiger partial charge is 0.299 e. The Morgan fingerprint density at radius 3 is 2.54 bits per heavy atom. The van der Waals surface area contributed by atoms with Gasteiger partial charge in [-0.3, -0.25) is 0 Å². The minimum Gasteiger partial charge on any atom is -0.495 e.